The predicted molar refractivity (Wildman–Crippen MR) is 115 cm³/mol. The molecule has 2 heteroatoms. The number of hydrogen-bond acceptors (Lipinski definition) is 2. The molecule has 0 fully saturated rings. The molecule has 0 saturated carbocycles. The predicted octanol–water partition coefficient (Wildman–Crippen LogP) is 6.78. The van der Waals surface area contributed by atoms with Gasteiger partial charge in [0.25, 0.3) is 0 Å². The fourth-order valence-electron chi connectivity index (χ4n) is 3.21. The minimum atomic E-state index is 0.640. The molecule has 0 atom stereocenters. The van der Waals surface area contributed by atoms with Crippen LogP contribution >= 0.6 is 0 Å². The average Bonchev–Trinajstić information content (AvgIpc) is 2.65. The summed E-state index contributed by atoms with van der Waals surface area (Å²) in [5, 5.41) is 0. The second-order valence-corrected chi connectivity index (χ2v) is 6.97. The molecule has 138 valence electrons. The van der Waals surface area contributed by atoms with E-state index >= 15 is 0 Å². The van der Waals surface area contributed by atoms with E-state index in [-0.39, 0.29) is 0 Å². The van der Waals surface area contributed by atoms with Gasteiger partial charge in [0, 0.05) is 23.5 Å². The number of nitrogens with zero attached hydrogens (tertiary/aromatic N) is 1. The van der Waals surface area contributed by atoms with Crippen LogP contribution in [0.2, 0.25) is 0 Å². The van der Waals surface area contributed by atoms with E-state index in [4.69, 9.17) is 4.74 Å². The quantitative estimate of drug-likeness (QED) is 0.341. The molecule has 0 N–H and O–H groups in total. The summed E-state index contributed by atoms with van der Waals surface area (Å²) in [6, 6.07) is 24.0. The van der Waals surface area contributed by atoms with E-state index in [9.17, 15) is 0 Å². The van der Waals surface area contributed by atoms with Crippen molar-refractivity contribution in [3.05, 3.63) is 102 Å². The highest BCUT2D eigenvalue weighted by atomic mass is 16.5. The van der Waals surface area contributed by atoms with Crippen LogP contribution in [0.5, 0.6) is 0 Å². The van der Waals surface area contributed by atoms with Gasteiger partial charge in [0.2, 0.25) is 0 Å². The first-order chi connectivity index (χ1) is 13.1. The molecule has 0 aromatic heterocycles. The van der Waals surface area contributed by atoms with Gasteiger partial charge in [-0.05, 0) is 68.3 Å². The molecular weight excluding hydrogens is 330 g/mol. The third kappa shape index (κ3) is 4.79. The van der Waals surface area contributed by atoms with Gasteiger partial charge in [0.15, 0.2) is 0 Å². The monoisotopic (exact) mass is 357 g/mol. The smallest absolute Gasteiger partial charge is 0.0913 e. The van der Waals surface area contributed by atoms with Crippen LogP contribution in [0.25, 0.3) is 0 Å². The first kappa shape index (κ1) is 18.8. The molecule has 0 aliphatic heterocycles. The molecule has 0 heterocycles. The summed E-state index contributed by atoms with van der Waals surface area (Å²) >= 11 is 0. The Hall–Kier alpha value is -3.00. The van der Waals surface area contributed by atoms with Crippen molar-refractivity contribution in [2.45, 2.75) is 27.2 Å². The van der Waals surface area contributed by atoms with Crippen molar-refractivity contribution in [2.24, 2.45) is 0 Å². The molecular formula is C25H27NO. The maximum absolute atomic E-state index is 5.32. The summed E-state index contributed by atoms with van der Waals surface area (Å²) < 4.78 is 5.32. The van der Waals surface area contributed by atoms with Crippen molar-refractivity contribution in [1.82, 2.24) is 0 Å². The van der Waals surface area contributed by atoms with Gasteiger partial charge in [-0.1, -0.05) is 48.0 Å². The van der Waals surface area contributed by atoms with Gasteiger partial charge in [-0.2, -0.15) is 0 Å². The van der Waals surface area contributed by atoms with Crippen LogP contribution in [0.1, 0.15) is 22.3 Å². The Kier molecular flexibility index (Phi) is 5.97. The van der Waals surface area contributed by atoms with E-state index < -0.39 is 0 Å². The fourth-order valence-corrected chi connectivity index (χ4v) is 3.21. The summed E-state index contributed by atoms with van der Waals surface area (Å²) in [6.45, 7) is 10.6. The normalized spacial score (nSPS) is 10.5. The Morgan fingerprint density at radius 3 is 1.81 bits per heavy atom. The number of rotatable bonds is 7. The molecule has 3 aromatic carbocycles. The van der Waals surface area contributed by atoms with Gasteiger partial charge >= 0.3 is 0 Å². The molecule has 0 aliphatic rings. The lowest BCUT2D eigenvalue weighted by molar-refractivity contribution is 0.255. The molecule has 2 nitrogen and oxygen atoms in total. The van der Waals surface area contributed by atoms with Crippen molar-refractivity contribution in [2.75, 3.05) is 11.5 Å². The molecule has 0 spiro atoms. The molecule has 3 aromatic rings. The van der Waals surface area contributed by atoms with Gasteiger partial charge in [-0.25, -0.2) is 0 Å². The SMILES string of the molecule is C=COCCc1cc(C)cc(N(c2ccc(C)cc2)c2ccc(C)cc2)c1. The number of hydrogen-bond donors (Lipinski definition) is 0. The highest BCUT2D eigenvalue weighted by molar-refractivity contribution is 5.77. The van der Waals surface area contributed by atoms with E-state index in [1.807, 2.05) is 0 Å². The summed E-state index contributed by atoms with van der Waals surface area (Å²) in [5.41, 5.74) is 8.49. The largest absolute Gasteiger partial charge is 0.501 e. The molecule has 0 unspecified atom stereocenters. The van der Waals surface area contributed by atoms with Crippen molar-refractivity contribution in [1.29, 1.82) is 0 Å². The van der Waals surface area contributed by atoms with Crippen molar-refractivity contribution in [3.63, 3.8) is 0 Å². The van der Waals surface area contributed by atoms with E-state index in [2.05, 4.69) is 99.0 Å². The van der Waals surface area contributed by atoms with Gasteiger partial charge in [0.05, 0.1) is 12.9 Å². The highest BCUT2D eigenvalue weighted by Crippen LogP contribution is 2.35. The maximum atomic E-state index is 5.32. The zero-order valence-electron chi connectivity index (χ0n) is 16.4. The molecule has 27 heavy (non-hydrogen) atoms. The minimum absolute atomic E-state index is 0.640. The summed E-state index contributed by atoms with van der Waals surface area (Å²) in [5.74, 6) is 0. The number of benzene rings is 3. The zero-order valence-corrected chi connectivity index (χ0v) is 16.4. The van der Waals surface area contributed by atoms with Crippen LogP contribution in [0.15, 0.2) is 79.6 Å². The standard InChI is InChI=1S/C25H27NO/c1-5-27-15-14-22-16-21(4)17-25(18-22)26(23-10-6-19(2)7-11-23)24-12-8-20(3)9-13-24/h5-13,16-18H,1,14-15H2,2-4H3. The maximum Gasteiger partial charge on any atom is 0.0913 e. The van der Waals surface area contributed by atoms with Crippen molar-refractivity contribution < 1.29 is 4.74 Å². The van der Waals surface area contributed by atoms with Crippen LogP contribution in [-0.2, 0) is 11.2 Å². The first-order valence-electron chi connectivity index (χ1n) is 9.33. The molecule has 0 radical (unpaired) electrons. The first-order valence-corrected chi connectivity index (χ1v) is 9.33. The second-order valence-electron chi connectivity index (χ2n) is 6.97. The van der Waals surface area contributed by atoms with Crippen LogP contribution in [0, 0.1) is 20.8 Å². The third-order valence-corrected chi connectivity index (χ3v) is 4.59. The van der Waals surface area contributed by atoms with Crippen LogP contribution < -0.4 is 4.90 Å². The van der Waals surface area contributed by atoms with Crippen LogP contribution in [-0.4, -0.2) is 6.61 Å². The zero-order chi connectivity index (χ0) is 19.2. The van der Waals surface area contributed by atoms with Gasteiger partial charge in [-0.15, -0.1) is 0 Å². The summed E-state index contributed by atoms with van der Waals surface area (Å²) in [7, 11) is 0. The van der Waals surface area contributed by atoms with E-state index in [0.717, 1.165) is 23.5 Å². The van der Waals surface area contributed by atoms with Gasteiger partial charge in [0.1, 0.15) is 0 Å². The topological polar surface area (TPSA) is 12.5 Å². The molecule has 0 amide bonds. The lowest BCUT2D eigenvalue weighted by Gasteiger charge is -2.26. The molecule has 0 saturated heterocycles. The Bertz CT molecular complexity index is 849. The third-order valence-electron chi connectivity index (χ3n) is 4.59. The van der Waals surface area contributed by atoms with Crippen LogP contribution in [0.4, 0.5) is 17.1 Å². The Balaban J connectivity index is 2.05. The van der Waals surface area contributed by atoms with Crippen molar-refractivity contribution in [3.8, 4) is 0 Å². The molecule has 0 bridgehead atoms. The average molecular weight is 357 g/mol. The summed E-state index contributed by atoms with van der Waals surface area (Å²) in [6.07, 6.45) is 2.36. The van der Waals surface area contributed by atoms with E-state index in [0.29, 0.717) is 6.61 Å². The highest BCUT2D eigenvalue weighted by Gasteiger charge is 2.13. The van der Waals surface area contributed by atoms with Gasteiger partial charge in [-0.3, -0.25) is 0 Å². The van der Waals surface area contributed by atoms with Crippen molar-refractivity contribution >= 4 is 17.1 Å². The van der Waals surface area contributed by atoms with E-state index in [1.165, 1.54) is 28.5 Å². The Morgan fingerprint density at radius 1 is 0.741 bits per heavy atom. The van der Waals surface area contributed by atoms with Crippen LogP contribution in [0.3, 0.4) is 0 Å². The van der Waals surface area contributed by atoms with E-state index in [1.54, 1.807) is 0 Å². The molecule has 0 aliphatic carbocycles. The minimum Gasteiger partial charge on any atom is -0.501 e. The number of aryl methyl sites for hydroxylation is 3. The lowest BCUT2D eigenvalue weighted by Crippen LogP contribution is -2.11. The Morgan fingerprint density at radius 2 is 1.30 bits per heavy atom. The lowest BCUT2D eigenvalue weighted by atomic mass is 10.1. The molecule has 3 rings (SSSR count). The number of anilines is 3. The Labute approximate surface area is 162 Å². The van der Waals surface area contributed by atoms with Gasteiger partial charge < -0.3 is 9.64 Å². The second kappa shape index (κ2) is 8.59. The number of ether oxygens (including phenoxy) is 1. The summed E-state index contributed by atoms with van der Waals surface area (Å²) in [4.78, 5) is 2.31. The fraction of sp³-hybridized carbons (Fsp3) is 0.200.